The molecular weight excluding hydrogens is 302 g/mol. The summed E-state index contributed by atoms with van der Waals surface area (Å²) < 4.78 is 4.00. The van der Waals surface area contributed by atoms with E-state index < -0.39 is 0 Å². The zero-order valence-corrected chi connectivity index (χ0v) is 14.9. The molecule has 0 radical (unpaired) electrons. The van der Waals surface area contributed by atoms with Gasteiger partial charge in [-0.3, -0.25) is 9.48 Å². The molecular formula is C18H27N5O. The monoisotopic (exact) mass is 329 g/mol. The van der Waals surface area contributed by atoms with Crippen molar-refractivity contribution in [2.24, 2.45) is 5.92 Å². The molecule has 0 unspecified atom stereocenters. The van der Waals surface area contributed by atoms with E-state index in [4.69, 9.17) is 0 Å². The summed E-state index contributed by atoms with van der Waals surface area (Å²) in [7, 11) is 0. The molecule has 1 atom stereocenters. The molecule has 1 aliphatic rings. The van der Waals surface area contributed by atoms with Gasteiger partial charge < -0.3 is 9.47 Å². The van der Waals surface area contributed by atoms with Gasteiger partial charge in [0.25, 0.3) is 5.91 Å². The summed E-state index contributed by atoms with van der Waals surface area (Å²) in [6.45, 7) is 8.89. The molecule has 0 saturated carbocycles. The number of aromatic nitrogens is 4. The number of hydrogen-bond acceptors (Lipinski definition) is 3. The topological polar surface area (TPSA) is 56.0 Å². The molecule has 1 saturated heterocycles. The van der Waals surface area contributed by atoms with E-state index in [9.17, 15) is 4.79 Å². The molecule has 1 aliphatic heterocycles. The lowest BCUT2D eigenvalue weighted by molar-refractivity contribution is 0.0595. The molecule has 0 aromatic carbocycles. The van der Waals surface area contributed by atoms with E-state index in [0.717, 1.165) is 44.7 Å². The van der Waals surface area contributed by atoms with Crippen LogP contribution in [0.2, 0.25) is 0 Å². The van der Waals surface area contributed by atoms with E-state index in [2.05, 4.69) is 35.4 Å². The summed E-state index contributed by atoms with van der Waals surface area (Å²) in [6.07, 6.45) is 10.6. The zero-order valence-electron chi connectivity index (χ0n) is 14.9. The number of hydrogen-bond donors (Lipinski definition) is 0. The highest BCUT2D eigenvalue weighted by Gasteiger charge is 2.31. The Morgan fingerprint density at radius 3 is 2.96 bits per heavy atom. The van der Waals surface area contributed by atoms with Gasteiger partial charge in [0.1, 0.15) is 5.82 Å². The number of nitrogens with zero attached hydrogens (tertiary/aromatic N) is 5. The molecule has 1 fully saturated rings. The van der Waals surface area contributed by atoms with Crippen molar-refractivity contribution >= 4 is 5.91 Å². The van der Waals surface area contributed by atoms with Crippen molar-refractivity contribution in [1.29, 1.82) is 0 Å². The van der Waals surface area contributed by atoms with Crippen LogP contribution in [0.5, 0.6) is 0 Å². The van der Waals surface area contributed by atoms with Crippen molar-refractivity contribution in [3.05, 3.63) is 36.2 Å². The van der Waals surface area contributed by atoms with E-state index in [1.165, 1.54) is 0 Å². The van der Waals surface area contributed by atoms with Gasteiger partial charge in [-0.1, -0.05) is 13.8 Å². The molecule has 3 rings (SSSR count). The Balaban J connectivity index is 1.82. The molecule has 0 bridgehead atoms. The number of aryl methyl sites for hydroxylation is 1. The van der Waals surface area contributed by atoms with Crippen LogP contribution in [0, 0.1) is 5.92 Å². The minimum absolute atomic E-state index is 0.0645. The normalized spacial score (nSPS) is 18.3. The van der Waals surface area contributed by atoms with Gasteiger partial charge in [-0.15, -0.1) is 0 Å². The first-order valence-electron chi connectivity index (χ1n) is 8.94. The number of imidazole rings is 1. The van der Waals surface area contributed by atoms with Crippen molar-refractivity contribution in [3.63, 3.8) is 0 Å². The maximum Gasteiger partial charge on any atom is 0.257 e. The van der Waals surface area contributed by atoms with Gasteiger partial charge in [0, 0.05) is 38.2 Å². The molecule has 130 valence electrons. The van der Waals surface area contributed by atoms with Gasteiger partial charge in [-0.25, -0.2) is 4.98 Å². The van der Waals surface area contributed by atoms with Crippen LogP contribution in [0.3, 0.4) is 0 Å². The van der Waals surface area contributed by atoms with Gasteiger partial charge in [0.2, 0.25) is 0 Å². The first-order chi connectivity index (χ1) is 11.6. The molecule has 6 heteroatoms. The lowest BCUT2D eigenvalue weighted by Gasteiger charge is -2.35. The van der Waals surface area contributed by atoms with Crippen LogP contribution in [-0.2, 0) is 13.1 Å². The number of carbonyl (C=O) groups is 1. The average molecular weight is 329 g/mol. The van der Waals surface area contributed by atoms with Crippen molar-refractivity contribution in [2.75, 3.05) is 6.54 Å². The Kier molecular flexibility index (Phi) is 5.02. The second-order valence-electron chi connectivity index (χ2n) is 6.93. The Labute approximate surface area is 143 Å². The molecule has 2 aromatic heterocycles. The van der Waals surface area contributed by atoms with Gasteiger partial charge in [0.15, 0.2) is 0 Å². The lowest BCUT2D eigenvalue weighted by Crippen LogP contribution is -2.39. The van der Waals surface area contributed by atoms with Crippen LogP contribution in [-0.4, -0.2) is 36.7 Å². The van der Waals surface area contributed by atoms with Gasteiger partial charge >= 0.3 is 0 Å². The molecule has 3 heterocycles. The Morgan fingerprint density at radius 2 is 2.21 bits per heavy atom. The SMILES string of the molecule is CCn1ccnc1[C@H]1CCCCN1C(=O)c1cnn(CC(C)C)c1. The smallest absolute Gasteiger partial charge is 0.257 e. The minimum Gasteiger partial charge on any atom is -0.333 e. The van der Waals surface area contributed by atoms with Crippen LogP contribution < -0.4 is 0 Å². The second-order valence-corrected chi connectivity index (χ2v) is 6.93. The summed E-state index contributed by atoms with van der Waals surface area (Å²) in [6, 6.07) is 0.0645. The van der Waals surface area contributed by atoms with Crippen LogP contribution in [0.1, 0.15) is 62.3 Å². The Bertz CT molecular complexity index is 687. The average Bonchev–Trinajstić information content (AvgIpc) is 3.22. The molecule has 6 nitrogen and oxygen atoms in total. The zero-order chi connectivity index (χ0) is 17.1. The maximum absolute atomic E-state index is 13.0. The molecule has 0 spiro atoms. The van der Waals surface area contributed by atoms with Crippen molar-refractivity contribution in [2.45, 2.75) is 59.2 Å². The van der Waals surface area contributed by atoms with E-state index >= 15 is 0 Å². The van der Waals surface area contributed by atoms with Gasteiger partial charge in [-0.2, -0.15) is 5.10 Å². The standard InChI is InChI=1S/C18H27N5O/c1-4-21-10-8-19-17(21)16-7-5-6-9-23(16)18(24)15-11-20-22(13-15)12-14(2)3/h8,10-11,13-14,16H,4-7,9,12H2,1-3H3/t16-/m1/s1. The molecule has 2 aromatic rings. The number of amides is 1. The summed E-state index contributed by atoms with van der Waals surface area (Å²) >= 11 is 0. The van der Waals surface area contributed by atoms with E-state index in [0.29, 0.717) is 11.5 Å². The second kappa shape index (κ2) is 7.20. The molecule has 1 amide bonds. The predicted molar refractivity (Wildman–Crippen MR) is 92.6 cm³/mol. The number of likely N-dealkylation sites (tertiary alicyclic amines) is 1. The fourth-order valence-corrected chi connectivity index (χ4v) is 3.44. The molecule has 0 N–H and O–H groups in total. The fourth-order valence-electron chi connectivity index (χ4n) is 3.44. The van der Waals surface area contributed by atoms with Crippen LogP contribution in [0.4, 0.5) is 0 Å². The van der Waals surface area contributed by atoms with E-state index in [-0.39, 0.29) is 11.9 Å². The van der Waals surface area contributed by atoms with Gasteiger partial charge in [-0.05, 0) is 32.1 Å². The number of carbonyl (C=O) groups excluding carboxylic acids is 1. The summed E-state index contributed by atoms with van der Waals surface area (Å²) in [5.41, 5.74) is 0.678. The fraction of sp³-hybridized carbons (Fsp3) is 0.611. The third-order valence-corrected chi connectivity index (χ3v) is 4.58. The van der Waals surface area contributed by atoms with E-state index in [1.807, 2.05) is 28.2 Å². The van der Waals surface area contributed by atoms with Crippen LogP contribution in [0.25, 0.3) is 0 Å². The highest BCUT2D eigenvalue weighted by atomic mass is 16.2. The predicted octanol–water partition coefficient (Wildman–Crippen LogP) is 3.12. The molecule has 0 aliphatic carbocycles. The van der Waals surface area contributed by atoms with Crippen molar-refractivity contribution in [3.8, 4) is 0 Å². The third-order valence-electron chi connectivity index (χ3n) is 4.58. The first kappa shape index (κ1) is 16.7. The van der Waals surface area contributed by atoms with Crippen molar-refractivity contribution in [1.82, 2.24) is 24.2 Å². The summed E-state index contributed by atoms with van der Waals surface area (Å²) in [5.74, 6) is 1.58. The highest BCUT2D eigenvalue weighted by molar-refractivity contribution is 5.94. The summed E-state index contributed by atoms with van der Waals surface area (Å²) in [5, 5.41) is 4.34. The van der Waals surface area contributed by atoms with Crippen LogP contribution in [0.15, 0.2) is 24.8 Å². The number of rotatable bonds is 5. The Hall–Kier alpha value is -2.11. The number of piperidine rings is 1. The minimum atomic E-state index is 0.0645. The van der Waals surface area contributed by atoms with Gasteiger partial charge in [0.05, 0.1) is 17.8 Å². The highest BCUT2D eigenvalue weighted by Crippen LogP contribution is 2.31. The maximum atomic E-state index is 13.0. The van der Waals surface area contributed by atoms with Crippen LogP contribution >= 0.6 is 0 Å². The lowest BCUT2D eigenvalue weighted by atomic mass is 10.0. The Morgan fingerprint density at radius 1 is 1.38 bits per heavy atom. The quantitative estimate of drug-likeness (QED) is 0.847. The van der Waals surface area contributed by atoms with E-state index in [1.54, 1.807) is 6.20 Å². The molecule has 24 heavy (non-hydrogen) atoms. The largest absolute Gasteiger partial charge is 0.333 e. The van der Waals surface area contributed by atoms with Crippen molar-refractivity contribution < 1.29 is 4.79 Å². The third kappa shape index (κ3) is 3.37. The first-order valence-corrected chi connectivity index (χ1v) is 8.94. The summed E-state index contributed by atoms with van der Waals surface area (Å²) in [4.78, 5) is 19.6.